The highest BCUT2D eigenvalue weighted by atomic mass is 16.5. The molecule has 0 atom stereocenters. The van der Waals surface area contributed by atoms with Gasteiger partial charge in [0.1, 0.15) is 17.3 Å². The third-order valence-corrected chi connectivity index (χ3v) is 4.50. The number of rotatable bonds is 5. The van der Waals surface area contributed by atoms with Gasteiger partial charge in [-0.05, 0) is 62.2 Å². The van der Waals surface area contributed by atoms with Crippen LogP contribution in [0.25, 0.3) is 0 Å². The molecule has 2 aromatic carbocycles. The van der Waals surface area contributed by atoms with Gasteiger partial charge in [0, 0.05) is 17.4 Å². The van der Waals surface area contributed by atoms with Gasteiger partial charge in [-0.25, -0.2) is 14.8 Å². The lowest BCUT2D eigenvalue weighted by molar-refractivity contribution is 0.0600. The second kappa shape index (κ2) is 8.52. The van der Waals surface area contributed by atoms with Crippen LogP contribution < -0.4 is 10.6 Å². The van der Waals surface area contributed by atoms with Crippen molar-refractivity contribution < 1.29 is 14.3 Å². The van der Waals surface area contributed by atoms with Gasteiger partial charge in [0.25, 0.3) is 5.91 Å². The maximum Gasteiger partial charge on any atom is 0.337 e. The van der Waals surface area contributed by atoms with Crippen LogP contribution in [-0.4, -0.2) is 29.0 Å². The first-order valence-corrected chi connectivity index (χ1v) is 9.06. The molecule has 0 saturated heterocycles. The van der Waals surface area contributed by atoms with Crippen molar-refractivity contribution >= 4 is 29.1 Å². The number of anilines is 3. The maximum absolute atomic E-state index is 12.6. The Morgan fingerprint density at radius 2 is 1.69 bits per heavy atom. The fourth-order valence-corrected chi connectivity index (χ4v) is 2.78. The van der Waals surface area contributed by atoms with Gasteiger partial charge >= 0.3 is 5.97 Å². The Labute approximate surface area is 169 Å². The highest BCUT2D eigenvalue weighted by molar-refractivity contribution is 6.03. The zero-order chi connectivity index (χ0) is 21.0. The molecule has 1 amide bonds. The van der Waals surface area contributed by atoms with Gasteiger partial charge in [-0.3, -0.25) is 4.79 Å². The van der Waals surface area contributed by atoms with Crippen molar-refractivity contribution in [3.63, 3.8) is 0 Å². The zero-order valence-electron chi connectivity index (χ0n) is 16.7. The number of esters is 1. The summed E-state index contributed by atoms with van der Waals surface area (Å²) in [5, 5.41) is 6.03. The monoisotopic (exact) mass is 390 g/mol. The van der Waals surface area contributed by atoms with Gasteiger partial charge in [-0.15, -0.1) is 0 Å². The second-order valence-corrected chi connectivity index (χ2v) is 6.58. The predicted molar refractivity (Wildman–Crippen MR) is 112 cm³/mol. The van der Waals surface area contributed by atoms with E-state index in [9.17, 15) is 9.59 Å². The molecule has 7 heteroatoms. The number of aromatic nitrogens is 2. The van der Waals surface area contributed by atoms with E-state index >= 15 is 0 Å². The van der Waals surface area contributed by atoms with Crippen molar-refractivity contribution in [2.75, 3.05) is 17.7 Å². The number of nitrogens with zero attached hydrogens (tertiary/aromatic N) is 2. The standard InChI is InChI=1S/C22H22N4O3/c1-13-6-5-7-18(14(13)2)26-20-12-19(23-15(3)24-20)21(27)25-17-10-8-16(9-11-17)22(28)29-4/h5-12H,1-4H3,(H,25,27)(H,23,24,26). The van der Waals surface area contributed by atoms with Gasteiger partial charge in [0.2, 0.25) is 0 Å². The summed E-state index contributed by atoms with van der Waals surface area (Å²) in [4.78, 5) is 32.8. The van der Waals surface area contributed by atoms with E-state index in [0.29, 0.717) is 22.9 Å². The minimum absolute atomic E-state index is 0.238. The Balaban J connectivity index is 1.79. The number of hydrogen-bond donors (Lipinski definition) is 2. The van der Waals surface area contributed by atoms with E-state index in [-0.39, 0.29) is 11.6 Å². The summed E-state index contributed by atoms with van der Waals surface area (Å²) in [6.45, 7) is 5.80. The van der Waals surface area contributed by atoms with Crippen molar-refractivity contribution in [2.45, 2.75) is 20.8 Å². The molecule has 0 unspecified atom stereocenters. The normalized spacial score (nSPS) is 10.3. The fourth-order valence-electron chi connectivity index (χ4n) is 2.78. The molecule has 3 aromatic rings. The van der Waals surface area contributed by atoms with E-state index in [0.717, 1.165) is 16.8 Å². The van der Waals surface area contributed by atoms with Crippen LogP contribution in [0.15, 0.2) is 48.5 Å². The first-order chi connectivity index (χ1) is 13.9. The van der Waals surface area contributed by atoms with E-state index in [2.05, 4.69) is 25.3 Å². The number of aryl methyl sites for hydroxylation is 2. The number of methoxy groups -OCH3 is 1. The van der Waals surface area contributed by atoms with Crippen molar-refractivity contribution in [1.82, 2.24) is 9.97 Å². The average Bonchev–Trinajstić information content (AvgIpc) is 2.71. The van der Waals surface area contributed by atoms with Gasteiger partial charge in [-0.2, -0.15) is 0 Å². The summed E-state index contributed by atoms with van der Waals surface area (Å²) in [6, 6.07) is 14.0. The number of carbonyl (C=O) groups is 2. The van der Waals surface area contributed by atoms with Crippen LogP contribution in [0.2, 0.25) is 0 Å². The Kier molecular flexibility index (Phi) is 5.87. The third kappa shape index (κ3) is 4.76. The summed E-state index contributed by atoms with van der Waals surface area (Å²) < 4.78 is 4.67. The maximum atomic E-state index is 12.6. The van der Waals surface area contributed by atoms with Gasteiger partial charge < -0.3 is 15.4 Å². The average molecular weight is 390 g/mol. The molecular weight excluding hydrogens is 368 g/mol. The number of amides is 1. The number of carbonyl (C=O) groups excluding carboxylic acids is 2. The molecule has 29 heavy (non-hydrogen) atoms. The molecule has 0 bridgehead atoms. The highest BCUT2D eigenvalue weighted by Gasteiger charge is 2.13. The summed E-state index contributed by atoms with van der Waals surface area (Å²) >= 11 is 0. The van der Waals surface area contributed by atoms with Crippen LogP contribution in [-0.2, 0) is 4.74 Å². The van der Waals surface area contributed by atoms with Crippen LogP contribution in [0.1, 0.15) is 37.8 Å². The van der Waals surface area contributed by atoms with Crippen molar-refractivity contribution in [2.24, 2.45) is 0 Å². The quantitative estimate of drug-likeness (QED) is 0.635. The molecule has 0 aliphatic heterocycles. The number of benzene rings is 2. The SMILES string of the molecule is COC(=O)c1ccc(NC(=O)c2cc(Nc3cccc(C)c3C)nc(C)n2)cc1. The summed E-state index contributed by atoms with van der Waals surface area (Å²) in [6.07, 6.45) is 0. The topological polar surface area (TPSA) is 93.2 Å². The van der Waals surface area contributed by atoms with Crippen LogP contribution in [0.5, 0.6) is 0 Å². The second-order valence-electron chi connectivity index (χ2n) is 6.58. The molecule has 0 aliphatic carbocycles. The highest BCUT2D eigenvalue weighted by Crippen LogP contribution is 2.22. The summed E-state index contributed by atoms with van der Waals surface area (Å²) in [5.41, 5.74) is 4.39. The lowest BCUT2D eigenvalue weighted by atomic mass is 10.1. The Morgan fingerprint density at radius 3 is 2.38 bits per heavy atom. The molecule has 0 radical (unpaired) electrons. The van der Waals surface area contributed by atoms with Gasteiger partial charge in [0.15, 0.2) is 0 Å². The number of nitrogens with one attached hydrogen (secondary N) is 2. The smallest absolute Gasteiger partial charge is 0.337 e. The largest absolute Gasteiger partial charge is 0.465 e. The van der Waals surface area contributed by atoms with E-state index in [1.165, 1.54) is 7.11 Å². The number of ether oxygens (including phenoxy) is 1. The molecule has 0 spiro atoms. The molecule has 3 rings (SSSR count). The Bertz CT molecular complexity index is 1060. The fraction of sp³-hybridized carbons (Fsp3) is 0.182. The lowest BCUT2D eigenvalue weighted by Crippen LogP contribution is -2.15. The molecule has 1 aromatic heterocycles. The van der Waals surface area contributed by atoms with Crippen molar-refractivity contribution in [3.05, 3.63) is 76.7 Å². The number of hydrogen-bond acceptors (Lipinski definition) is 6. The van der Waals surface area contributed by atoms with E-state index < -0.39 is 5.97 Å². The Hall–Kier alpha value is -3.74. The minimum Gasteiger partial charge on any atom is -0.465 e. The van der Waals surface area contributed by atoms with Crippen molar-refractivity contribution in [3.8, 4) is 0 Å². The van der Waals surface area contributed by atoms with Gasteiger partial charge in [0.05, 0.1) is 12.7 Å². The molecule has 7 nitrogen and oxygen atoms in total. The molecule has 0 fully saturated rings. The van der Waals surface area contributed by atoms with Crippen molar-refractivity contribution in [1.29, 1.82) is 0 Å². The predicted octanol–water partition coefficient (Wildman–Crippen LogP) is 4.18. The van der Waals surface area contributed by atoms with E-state index in [4.69, 9.17) is 0 Å². The first-order valence-electron chi connectivity index (χ1n) is 9.06. The third-order valence-electron chi connectivity index (χ3n) is 4.50. The molecule has 1 heterocycles. The summed E-state index contributed by atoms with van der Waals surface area (Å²) in [5.74, 6) is 0.214. The van der Waals surface area contributed by atoms with Crippen LogP contribution >= 0.6 is 0 Å². The molecule has 2 N–H and O–H groups in total. The lowest BCUT2D eigenvalue weighted by Gasteiger charge is -2.12. The summed E-state index contributed by atoms with van der Waals surface area (Å²) in [7, 11) is 1.32. The van der Waals surface area contributed by atoms with Crippen LogP contribution in [0.4, 0.5) is 17.2 Å². The Morgan fingerprint density at radius 1 is 0.966 bits per heavy atom. The zero-order valence-corrected chi connectivity index (χ0v) is 16.7. The van der Waals surface area contributed by atoms with E-state index in [1.807, 2.05) is 32.0 Å². The molecule has 148 valence electrons. The van der Waals surface area contributed by atoms with E-state index in [1.54, 1.807) is 37.3 Å². The van der Waals surface area contributed by atoms with Gasteiger partial charge in [-0.1, -0.05) is 12.1 Å². The molecule has 0 saturated carbocycles. The molecule has 0 aliphatic rings. The molecular formula is C22H22N4O3. The van der Waals surface area contributed by atoms with Crippen LogP contribution in [0, 0.1) is 20.8 Å². The van der Waals surface area contributed by atoms with Crippen LogP contribution in [0.3, 0.4) is 0 Å². The first kappa shape index (κ1) is 20.0. The minimum atomic E-state index is -0.434.